The van der Waals surface area contributed by atoms with Gasteiger partial charge in [-0.1, -0.05) is 0 Å². The molecule has 0 bridgehead atoms. The summed E-state index contributed by atoms with van der Waals surface area (Å²) in [4.78, 5) is 3.93. The van der Waals surface area contributed by atoms with Crippen molar-refractivity contribution >= 4 is 6.21 Å². The Morgan fingerprint density at radius 1 is 1.44 bits per heavy atom. The molecule has 0 amide bonds. The Balaban J connectivity index is 2.57. The molecule has 0 saturated carbocycles. The van der Waals surface area contributed by atoms with Gasteiger partial charge in [0.1, 0.15) is 0 Å². The highest BCUT2D eigenvalue weighted by Gasteiger charge is 2.29. The Kier molecular flexibility index (Phi) is 1.83. The lowest BCUT2D eigenvalue weighted by molar-refractivity contribution is 0.113. The minimum atomic E-state index is -0.403. The van der Waals surface area contributed by atoms with Gasteiger partial charge in [-0.15, -0.1) is 0 Å². The van der Waals surface area contributed by atoms with Crippen molar-refractivity contribution in [3.05, 3.63) is 0 Å². The van der Waals surface area contributed by atoms with Crippen LogP contribution in [-0.4, -0.2) is 36.2 Å². The topological polar surface area (TPSA) is 52.8 Å². The van der Waals surface area contributed by atoms with Crippen LogP contribution in [0.15, 0.2) is 4.99 Å². The van der Waals surface area contributed by atoms with E-state index in [-0.39, 0.29) is 13.2 Å². The Labute approximate surface area is 54.0 Å². The van der Waals surface area contributed by atoms with Gasteiger partial charge in [0.05, 0.1) is 18.6 Å². The van der Waals surface area contributed by atoms with Crippen LogP contribution in [0.25, 0.3) is 0 Å². The van der Waals surface area contributed by atoms with Gasteiger partial charge in [0.2, 0.25) is 0 Å². The van der Waals surface area contributed by atoms with Crippen LogP contribution in [-0.2, 0) is 0 Å². The van der Waals surface area contributed by atoms with Gasteiger partial charge < -0.3 is 10.2 Å². The average Bonchev–Trinajstić information content (AvgIpc) is 2.36. The molecule has 3 heteroatoms. The Morgan fingerprint density at radius 3 is 2.33 bits per heavy atom. The molecule has 0 saturated heterocycles. The van der Waals surface area contributed by atoms with E-state index < -0.39 is 5.41 Å². The fourth-order valence-corrected chi connectivity index (χ4v) is 0.900. The summed E-state index contributed by atoms with van der Waals surface area (Å²) in [6.07, 6.45) is 2.44. The maximum Gasteiger partial charge on any atom is 0.0559 e. The van der Waals surface area contributed by atoms with Crippen molar-refractivity contribution in [1.29, 1.82) is 0 Å². The molecule has 1 aliphatic heterocycles. The van der Waals surface area contributed by atoms with Crippen LogP contribution in [0.5, 0.6) is 0 Å². The number of rotatable bonds is 2. The van der Waals surface area contributed by atoms with E-state index in [4.69, 9.17) is 10.2 Å². The van der Waals surface area contributed by atoms with Crippen LogP contribution < -0.4 is 0 Å². The molecule has 0 aliphatic carbocycles. The van der Waals surface area contributed by atoms with E-state index in [1.165, 1.54) is 0 Å². The van der Waals surface area contributed by atoms with Crippen LogP contribution in [0.2, 0.25) is 0 Å². The molecule has 3 nitrogen and oxygen atoms in total. The van der Waals surface area contributed by atoms with Crippen molar-refractivity contribution < 1.29 is 10.2 Å². The molecule has 1 heterocycles. The smallest absolute Gasteiger partial charge is 0.0559 e. The second kappa shape index (κ2) is 2.45. The number of aliphatic imine (C=N–C) groups is 1. The van der Waals surface area contributed by atoms with Crippen LogP contribution in [0.3, 0.4) is 0 Å². The molecule has 0 spiro atoms. The summed E-state index contributed by atoms with van der Waals surface area (Å²) in [6.45, 7) is 0.751. The standard InChI is InChI=1S/C6H11NO2/c8-4-6(5-9)1-2-7-3-6/h3,8-9H,1-2,4-5H2. The fourth-order valence-electron chi connectivity index (χ4n) is 0.900. The van der Waals surface area contributed by atoms with Crippen LogP contribution in [0.4, 0.5) is 0 Å². The van der Waals surface area contributed by atoms with Crippen molar-refractivity contribution in [2.75, 3.05) is 19.8 Å². The van der Waals surface area contributed by atoms with Gasteiger partial charge in [0.15, 0.2) is 0 Å². The maximum absolute atomic E-state index is 8.77. The average molecular weight is 129 g/mol. The zero-order valence-electron chi connectivity index (χ0n) is 5.25. The third-order valence-electron chi connectivity index (χ3n) is 1.73. The van der Waals surface area contributed by atoms with E-state index in [2.05, 4.69) is 4.99 Å². The third kappa shape index (κ3) is 1.11. The van der Waals surface area contributed by atoms with E-state index >= 15 is 0 Å². The Bertz CT molecular complexity index is 118. The lowest BCUT2D eigenvalue weighted by Gasteiger charge is -2.18. The summed E-state index contributed by atoms with van der Waals surface area (Å²) < 4.78 is 0. The van der Waals surface area contributed by atoms with Crippen molar-refractivity contribution in [2.24, 2.45) is 10.4 Å². The summed E-state index contributed by atoms with van der Waals surface area (Å²) in [6, 6.07) is 0. The van der Waals surface area contributed by atoms with Crippen LogP contribution in [0, 0.1) is 5.41 Å². The summed E-state index contributed by atoms with van der Waals surface area (Å²) in [5.74, 6) is 0. The highest BCUT2D eigenvalue weighted by atomic mass is 16.3. The first-order chi connectivity index (χ1) is 4.33. The Morgan fingerprint density at radius 2 is 2.11 bits per heavy atom. The molecule has 2 N–H and O–H groups in total. The zero-order valence-corrected chi connectivity index (χ0v) is 5.25. The number of aliphatic hydroxyl groups excluding tert-OH is 2. The molecular weight excluding hydrogens is 118 g/mol. The van der Waals surface area contributed by atoms with E-state index in [0.717, 1.165) is 13.0 Å². The van der Waals surface area contributed by atoms with Crippen molar-refractivity contribution in [3.8, 4) is 0 Å². The molecule has 0 fully saturated rings. The highest BCUT2D eigenvalue weighted by Crippen LogP contribution is 2.22. The van der Waals surface area contributed by atoms with Gasteiger partial charge in [-0.2, -0.15) is 0 Å². The summed E-state index contributed by atoms with van der Waals surface area (Å²) >= 11 is 0. The second-order valence-corrected chi connectivity index (χ2v) is 2.46. The summed E-state index contributed by atoms with van der Waals surface area (Å²) in [7, 11) is 0. The summed E-state index contributed by atoms with van der Waals surface area (Å²) in [5.41, 5.74) is -0.403. The first-order valence-corrected chi connectivity index (χ1v) is 3.06. The monoisotopic (exact) mass is 129 g/mol. The molecular formula is C6H11NO2. The number of hydrogen-bond acceptors (Lipinski definition) is 3. The number of nitrogens with zero attached hydrogens (tertiary/aromatic N) is 1. The van der Waals surface area contributed by atoms with E-state index in [1.54, 1.807) is 6.21 Å². The van der Waals surface area contributed by atoms with Crippen molar-refractivity contribution in [2.45, 2.75) is 6.42 Å². The number of aliphatic hydroxyl groups is 2. The lowest BCUT2D eigenvalue weighted by atomic mass is 9.90. The van der Waals surface area contributed by atoms with Gasteiger partial charge in [0.25, 0.3) is 0 Å². The van der Waals surface area contributed by atoms with Gasteiger partial charge in [-0.25, -0.2) is 0 Å². The molecule has 0 aromatic carbocycles. The van der Waals surface area contributed by atoms with E-state index in [0.29, 0.717) is 0 Å². The molecule has 0 atom stereocenters. The van der Waals surface area contributed by atoms with E-state index in [9.17, 15) is 0 Å². The fraction of sp³-hybridized carbons (Fsp3) is 0.833. The first kappa shape index (κ1) is 6.71. The van der Waals surface area contributed by atoms with E-state index in [1.807, 2.05) is 0 Å². The van der Waals surface area contributed by atoms with Crippen molar-refractivity contribution in [3.63, 3.8) is 0 Å². The van der Waals surface area contributed by atoms with Gasteiger partial charge in [0, 0.05) is 12.8 Å². The molecule has 0 aromatic rings. The molecule has 1 aliphatic rings. The molecule has 52 valence electrons. The van der Waals surface area contributed by atoms with Gasteiger partial charge >= 0.3 is 0 Å². The largest absolute Gasteiger partial charge is 0.395 e. The molecule has 1 rings (SSSR count). The van der Waals surface area contributed by atoms with Crippen LogP contribution >= 0.6 is 0 Å². The SMILES string of the molecule is OCC1(CO)C=NCC1. The predicted octanol–water partition coefficient (Wildman–Crippen LogP) is -0.568. The van der Waals surface area contributed by atoms with Crippen LogP contribution in [0.1, 0.15) is 6.42 Å². The normalized spacial score (nSPS) is 22.9. The number of hydrogen-bond donors (Lipinski definition) is 2. The molecule has 0 radical (unpaired) electrons. The zero-order chi connectivity index (χ0) is 6.74. The second-order valence-electron chi connectivity index (χ2n) is 2.46. The predicted molar refractivity (Wildman–Crippen MR) is 34.6 cm³/mol. The Hall–Kier alpha value is -0.410. The van der Waals surface area contributed by atoms with Gasteiger partial charge in [-0.05, 0) is 6.42 Å². The lowest BCUT2D eigenvalue weighted by Crippen LogP contribution is -2.28. The minimum absolute atomic E-state index is 0.00694. The first-order valence-electron chi connectivity index (χ1n) is 3.06. The molecule has 9 heavy (non-hydrogen) atoms. The molecule has 0 unspecified atom stereocenters. The molecule has 0 aromatic heterocycles. The maximum atomic E-state index is 8.77. The van der Waals surface area contributed by atoms with Crippen molar-refractivity contribution in [1.82, 2.24) is 0 Å². The summed E-state index contributed by atoms with van der Waals surface area (Å²) in [5, 5.41) is 17.5. The third-order valence-corrected chi connectivity index (χ3v) is 1.73. The quantitative estimate of drug-likeness (QED) is 0.524. The minimum Gasteiger partial charge on any atom is -0.395 e. The van der Waals surface area contributed by atoms with Gasteiger partial charge in [-0.3, -0.25) is 4.99 Å². The highest BCUT2D eigenvalue weighted by molar-refractivity contribution is 5.68.